The number of hydrogen-bond acceptors (Lipinski definition) is 5. The molecule has 2 aromatic rings. The van der Waals surface area contributed by atoms with Gasteiger partial charge in [0.2, 0.25) is 0 Å². The van der Waals surface area contributed by atoms with Crippen LogP contribution in [-0.4, -0.2) is 40.2 Å². The van der Waals surface area contributed by atoms with Crippen LogP contribution in [0.15, 0.2) is 36.5 Å². The van der Waals surface area contributed by atoms with Gasteiger partial charge in [0.25, 0.3) is 5.91 Å². The van der Waals surface area contributed by atoms with Crippen LogP contribution in [-0.2, 0) is 5.41 Å². The number of carbonyl (C=O) groups is 1. The highest BCUT2D eigenvalue weighted by Gasteiger charge is 2.23. The summed E-state index contributed by atoms with van der Waals surface area (Å²) in [5.74, 6) is 0.802. The van der Waals surface area contributed by atoms with Crippen LogP contribution in [0.2, 0.25) is 0 Å². The van der Waals surface area contributed by atoms with E-state index >= 15 is 0 Å². The van der Waals surface area contributed by atoms with Crippen molar-refractivity contribution in [1.82, 2.24) is 20.5 Å². The monoisotopic (exact) mass is 339 g/mol. The lowest BCUT2D eigenvalue weighted by molar-refractivity contribution is 0.0926. The molecule has 25 heavy (non-hydrogen) atoms. The molecule has 0 atom stereocenters. The molecule has 3 rings (SSSR count). The van der Waals surface area contributed by atoms with E-state index in [-0.39, 0.29) is 17.4 Å². The first-order valence-corrected chi connectivity index (χ1v) is 8.74. The average Bonchev–Trinajstić information content (AvgIpc) is 2.62. The molecule has 0 spiro atoms. The fourth-order valence-electron chi connectivity index (χ4n) is 2.90. The zero-order valence-corrected chi connectivity index (χ0v) is 15.1. The standard InChI is InChI=1S/C19H25N5O/c1-19(2,3)16-7-8-17(23-22-16)24-12-9-14(10-13-24)21-18(25)15-6-4-5-11-20-15/h4-8,11,14H,9-10,12-13H2,1-3H3,(H,21,25). The molecule has 0 saturated carbocycles. The van der Waals surface area contributed by atoms with Crippen LogP contribution in [0.5, 0.6) is 0 Å². The first-order chi connectivity index (χ1) is 11.9. The Balaban J connectivity index is 1.54. The van der Waals surface area contributed by atoms with E-state index in [1.807, 2.05) is 12.1 Å². The van der Waals surface area contributed by atoms with Gasteiger partial charge in [-0.2, -0.15) is 5.10 Å². The number of aromatic nitrogens is 3. The van der Waals surface area contributed by atoms with E-state index in [0.717, 1.165) is 37.4 Å². The van der Waals surface area contributed by atoms with Crippen LogP contribution < -0.4 is 10.2 Å². The van der Waals surface area contributed by atoms with E-state index in [9.17, 15) is 4.79 Å². The van der Waals surface area contributed by atoms with Gasteiger partial charge in [-0.15, -0.1) is 5.10 Å². The van der Waals surface area contributed by atoms with Gasteiger partial charge in [0, 0.05) is 30.7 Å². The second kappa shape index (κ2) is 7.17. The Kier molecular flexibility index (Phi) is 4.97. The first-order valence-electron chi connectivity index (χ1n) is 8.74. The number of carbonyl (C=O) groups excluding carboxylic acids is 1. The van der Waals surface area contributed by atoms with Crippen molar-refractivity contribution in [1.29, 1.82) is 0 Å². The SMILES string of the molecule is CC(C)(C)c1ccc(N2CCC(NC(=O)c3ccccn3)CC2)nn1. The Morgan fingerprint density at radius 1 is 1.12 bits per heavy atom. The lowest BCUT2D eigenvalue weighted by atomic mass is 9.92. The Hall–Kier alpha value is -2.50. The van der Waals surface area contributed by atoms with Crippen LogP contribution >= 0.6 is 0 Å². The summed E-state index contributed by atoms with van der Waals surface area (Å²) in [6, 6.07) is 9.63. The van der Waals surface area contributed by atoms with Crippen molar-refractivity contribution in [3.8, 4) is 0 Å². The molecule has 132 valence electrons. The average molecular weight is 339 g/mol. The maximum absolute atomic E-state index is 12.2. The number of nitrogens with one attached hydrogen (secondary N) is 1. The molecule has 0 aromatic carbocycles. The predicted molar refractivity (Wildman–Crippen MR) is 97.7 cm³/mol. The first kappa shape index (κ1) is 17.3. The van der Waals surface area contributed by atoms with Crippen LogP contribution in [0.25, 0.3) is 0 Å². The Morgan fingerprint density at radius 2 is 1.88 bits per heavy atom. The van der Waals surface area contributed by atoms with Gasteiger partial charge in [0.1, 0.15) is 5.69 Å². The third-order valence-corrected chi connectivity index (χ3v) is 4.47. The topological polar surface area (TPSA) is 71.0 Å². The predicted octanol–water partition coefficient (Wildman–Crippen LogP) is 2.57. The number of pyridine rings is 1. The van der Waals surface area contributed by atoms with Gasteiger partial charge in [-0.25, -0.2) is 0 Å². The van der Waals surface area contributed by atoms with Gasteiger partial charge in [-0.05, 0) is 37.1 Å². The summed E-state index contributed by atoms with van der Waals surface area (Å²) >= 11 is 0. The summed E-state index contributed by atoms with van der Waals surface area (Å²) in [4.78, 5) is 18.5. The lowest BCUT2D eigenvalue weighted by Gasteiger charge is -2.33. The van der Waals surface area contributed by atoms with E-state index in [1.165, 1.54) is 0 Å². The molecule has 1 aliphatic rings. The smallest absolute Gasteiger partial charge is 0.270 e. The molecule has 6 heteroatoms. The number of rotatable bonds is 3. The number of hydrogen-bond donors (Lipinski definition) is 1. The molecule has 2 aromatic heterocycles. The number of piperidine rings is 1. The molecular formula is C19H25N5O. The molecule has 0 aliphatic carbocycles. The van der Waals surface area contributed by atoms with Crippen molar-refractivity contribution in [2.45, 2.75) is 45.1 Å². The largest absolute Gasteiger partial charge is 0.355 e. The van der Waals surface area contributed by atoms with Crippen LogP contribution in [0.1, 0.15) is 49.8 Å². The highest BCUT2D eigenvalue weighted by Crippen LogP contribution is 2.22. The summed E-state index contributed by atoms with van der Waals surface area (Å²) in [6.45, 7) is 8.11. The number of amides is 1. The van der Waals surface area contributed by atoms with Gasteiger partial charge in [-0.3, -0.25) is 9.78 Å². The van der Waals surface area contributed by atoms with Gasteiger partial charge >= 0.3 is 0 Å². The van der Waals surface area contributed by atoms with Gasteiger partial charge in [0.15, 0.2) is 5.82 Å². The minimum Gasteiger partial charge on any atom is -0.355 e. The van der Waals surface area contributed by atoms with Crippen molar-refractivity contribution in [3.63, 3.8) is 0 Å². The lowest BCUT2D eigenvalue weighted by Crippen LogP contribution is -2.45. The molecule has 6 nitrogen and oxygen atoms in total. The van der Waals surface area contributed by atoms with E-state index < -0.39 is 0 Å². The fourth-order valence-corrected chi connectivity index (χ4v) is 2.90. The van der Waals surface area contributed by atoms with Gasteiger partial charge in [0.05, 0.1) is 5.69 Å². The molecule has 0 radical (unpaired) electrons. The van der Waals surface area contributed by atoms with Crippen molar-refractivity contribution >= 4 is 11.7 Å². The van der Waals surface area contributed by atoms with E-state index in [1.54, 1.807) is 18.3 Å². The molecule has 1 aliphatic heterocycles. The summed E-state index contributed by atoms with van der Waals surface area (Å²) < 4.78 is 0. The second-order valence-corrected chi connectivity index (χ2v) is 7.48. The molecule has 0 bridgehead atoms. The minimum atomic E-state index is -0.103. The normalized spacial score (nSPS) is 15.9. The molecule has 3 heterocycles. The summed E-state index contributed by atoms with van der Waals surface area (Å²) in [7, 11) is 0. The van der Waals surface area contributed by atoms with Crippen molar-refractivity contribution < 1.29 is 4.79 Å². The molecular weight excluding hydrogens is 314 g/mol. The number of anilines is 1. The molecule has 1 saturated heterocycles. The van der Waals surface area contributed by atoms with Crippen molar-refractivity contribution in [2.24, 2.45) is 0 Å². The summed E-state index contributed by atoms with van der Waals surface area (Å²) in [6.07, 6.45) is 3.42. The molecule has 1 N–H and O–H groups in total. The van der Waals surface area contributed by atoms with E-state index in [2.05, 4.69) is 52.2 Å². The summed E-state index contributed by atoms with van der Waals surface area (Å²) in [5.41, 5.74) is 1.47. The third-order valence-electron chi connectivity index (χ3n) is 4.47. The van der Waals surface area contributed by atoms with Gasteiger partial charge in [-0.1, -0.05) is 26.8 Å². The van der Waals surface area contributed by atoms with Gasteiger partial charge < -0.3 is 10.2 Å². The fraction of sp³-hybridized carbons (Fsp3) is 0.474. The maximum atomic E-state index is 12.2. The Bertz CT molecular complexity index is 701. The second-order valence-electron chi connectivity index (χ2n) is 7.48. The van der Waals surface area contributed by atoms with Crippen molar-refractivity contribution in [3.05, 3.63) is 47.9 Å². The third kappa shape index (κ3) is 4.32. The van der Waals surface area contributed by atoms with E-state index in [4.69, 9.17) is 0 Å². The maximum Gasteiger partial charge on any atom is 0.270 e. The number of nitrogens with zero attached hydrogens (tertiary/aromatic N) is 4. The minimum absolute atomic E-state index is 0.00821. The zero-order chi connectivity index (χ0) is 17.9. The van der Waals surface area contributed by atoms with E-state index in [0.29, 0.717) is 5.69 Å². The quantitative estimate of drug-likeness (QED) is 0.930. The van der Waals surface area contributed by atoms with Crippen LogP contribution in [0, 0.1) is 0 Å². The van der Waals surface area contributed by atoms with Crippen LogP contribution in [0.3, 0.4) is 0 Å². The molecule has 0 unspecified atom stereocenters. The molecule has 1 fully saturated rings. The Morgan fingerprint density at radius 3 is 2.44 bits per heavy atom. The van der Waals surface area contributed by atoms with Crippen LogP contribution in [0.4, 0.5) is 5.82 Å². The summed E-state index contributed by atoms with van der Waals surface area (Å²) in [5, 5.41) is 11.8. The van der Waals surface area contributed by atoms with Crippen molar-refractivity contribution in [2.75, 3.05) is 18.0 Å². The Labute approximate surface area is 148 Å². The highest BCUT2D eigenvalue weighted by atomic mass is 16.1. The molecule has 1 amide bonds. The zero-order valence-electron chi connectivity index (χ0n) is 15.1. The highest BCUT2D eigenvalue weighted by molar-refractivity contribution is 5.92.